The Kier molecular flexibility index (Phi) is 6.87. The first-order valence-electron chi connectivity index (χ1n) is 6.81. The fourth-order valence-electron chi connectivity index (χ4n) is 2.03. The fraction of sp³-hybridized carbons (Fsp3) is 0.667. The SMILES string of the molecule is CCCCCc1cccnc1CCCCC. The third-order valence-corrected chi connectivity index (χ3v) is 3.05. The van der Waals surface area contributed by atoms with Gasteiger partial charge in [0.1, 0.15) is 0 Å². The number of hydrogen-bond donors (Lipinski definition) is 0. The zero-order chi connectivity index (χ0) is 11.6. The molecule has 0 aromatic carbocycles. The minimum Gasteiger partial charge on any atom is -0.261 e. The van der Waals surface area contributed by atoms with Crippen molar-refractivity contribution < 1.29 is 0 Å². The van der Waals surface area contributed by atoms with Gasteiger partial charge < -0.3 is 0 Å². The molecule has 0 amide bonds. The number of pyridine rings is 1. The standard InChI is InChI=1S/C15H25N/c1-3-5-7-10-14-11-9-13-16-15(14)12-8-6-4-2/h9,11,13H,3-8,10,12H2,1-2H3. The Morgan fingerprint density at radius 1 is 0.938 bits per heavy atom. The Morgan fingerprint density at radius 3 is 2.31 bits per heavy atom. The van der Waals surface area contributed by atoms with Crippen LogP contribution in [0.1, 0.15) is 63.6 Å². The van der Waals surface area contributed by atoms with Gasteiger partial charge in [0.05, 0.1) is 0 Å². The maximum Gasteiger partial charge on any atom is 0.0435 e. The van der Waals surface area contributed by atoms with Crippen molar-refractivity contribution in [3.8, 4) is 0 Å². The smallest absolute Gasteiger partial charge is 0.0435 e. The molecule has 1 nitrogen and oxygen atoms in total. The monoisotopic (exact) mass is 219 g/mol. The molecule has 90 valence electrons. The van der Waals surface area contributed by atoms with Gasteiger partial charge >= 0.3 is 0 Å². The average Bonchev–Trinajstić information content (AvgIpc) is 2.32. The fourth-order valence-corrected chi connectivity index (χ4v) is 2.03. The van der Waals surface area contributed by atoms with Crippen LogP contribution in [-0.4, -0.2) is 4.98 Å². The van der Waals surface area contributed by atoms with E-state index in [1.54, 1.807) is 0 Å². The van der Waals surface area contributed by atoms with Crippen LogP contribution in [0.2, 0.25) is 0 Å². The maximum absolute atomic E-state index is 4.53. The predicted molar refractivity (Wildman–Crippen MR) is 70.7 cm³/mol. The largest absolute Gasteiger partial charge is 0.261 e. The van der Waals surface area contributed by atoms with E-state index >= 15 is 0 Å². The summed E-state index contributed by atoms with van der Waals surface area (Å²) in [6.45, 7) is 4.51. The maximum atomic E-state index is 4.53. The van der Waals surface area contributed by atoms with Crippen molar-refractivity contribution in [3.63, 3.8) is 0 Å². The topological polar surface area (TPSA) is 12.9 Å². The molecule has 0 saturated heterocycles. The summed E-state index contributed by atoms with van der Waals surface area (Å²) in [6.07, 6.45) is 12.2. The summed E-state index contributed by atoms with van der Waals surface area (Å²) < 4.78 is 0. The van der Waals surface area contributed by atoms with Crippen LogP contribution in [0.5, 0.6) is 0 Å². The summed E-state index contributed by atoms with van der Waals surface area (Å²) in [5.74, 6) is 0. The zero-order valence-corrected chi connectivity index (χ0v) is 10.8. The zero-order valence-electron chi connectivity index (χ0n) is 10.8. The highest BCUT2D eigenvalue weighted by atomic mass is 14.7. The molecule has 0 aliphatic carbocycles. The Bertz CT molecular complexity index is 252. The van der Waals surface area contributed by atoms with Crippen LogP contribution in [-0.2, 0) is 12.8 Å². The van der Waals surface area contributed by atoms with Crippen LogP contribution in [0.15, 0.2) is 18.3 Å². The Morgan fingerprint density at radius 2 is 1.62 bits per heavy atom. The van der Waals surface area contributed by atoms with Crippen molar-refractivity contribution in [1.29, 1.82) is 0 Å². The lowest BCUT2D eigenvalue weighted by atomic mass is 10.0. The van der Waals surface area contributed by atoms with Gasteiger partial charge in [-0.1, -0.05) is 45.6 Å². The molecule has 0 unspecified atom stereocenters. The highest BCUT2D eigenvalue weighted by molar-refractivity contribution is 5.20. The number of hydrogen-bond acceptors (Lipinski definition) is 1. The van der Waals surface area contributed by atoms with Gasteiger partial charge in [0.25, 0.3) is 0 Å². The summed E-state index contributed by atoms with van der Waals surface area (Å²) in [5.41, 5.74) is 2.82. The molecular weight excluding hydrogens is 194 g/mol. The summed E-state index contributed by atoms with van der Waals surface area (Å²) in [6, 6.07) is 4.33. The lowest BCUT2D eigenvalue weighted by Crippen LogP contribution is -1.98. The van der Waals surface area contributed by atoms with Crippen LogP contribution < -0.4 is 0 Å². The highest BCUT2D eigenvalue weighted by Gasteiger charge is 2.02. The van der Waals surface area contributed by atoms with Crippen molar-refractivity contribution >= 4 is 0 Å². The predicted octanol–water partition coefficient (Wildman–Crippen LogP) is 4.55. The third-order valence-electron chi connectivity index (χ3n) is 3.05. The lowest BCUT2D eigenvalue weighted by molar-refractivity contribution is 0.683. The molecule has 1 heterocycles. The van der Waals surface area contributed by atoms with Gasteiger partial charge in [0, 0.05) is 11.9 Å². The first-order chi connectivity index (χ1) is 7.88. The summed E-state index contributed by atoms with van der Waals surface area (Å²) in [5, 5.41) is 0. The van der Waals surface area contributed by atoms with Crippen LogP contribution in [0, 0.1) is 0 Å². The Labute approximate surface area is 100 Å². The second-order valence-corrected chi connectivity index (χ2v) is 4.52. The first-order valence-corrected chi connectivity index (χ1v) is 6.81. The molecule has 0 atom stereocenters. The minimum absolute atomic E-state index is 1.16. The molecule has 0 radical (unpaired) electrons. The molecule has 1 heteroatoms. The van der Waals surface area contributed by atoms with E-state index in [1.165, 1.54) is 56.2 Å². The van der Waals surface area contributed by atoms with Gasteiger partial charge in [-0.25, -0.2) is 0 Å². The Hall–Kier alpha value is -0.850. The second kappa shape index (κ2) is 8.32. The molecule has 0 N–H and O–H groups in total. The van der Waals surface area contributed by atoms with E-state index in [1.807, 2.05) is 6.20 Å². The van der Waals surface area contributed by atoms with Crippen molar-refractivity contribution in [2.24, 2.45) is 0 Å². The van der Waals surface area contributed by atoms with Crippen molar-refractivity contribution in [1.82, 2.24) is 4.98 Å². The molecule has 1 rings (SSSR count). The van der Waals surface area contributed by atoms with Crippen molar-refractivity contribution in [3.05, 3.63) is 29.6 Å². The number of aryl methyl sites for hydroxylation is 2. The van der Waals surface area contributed by atoms with E-state index in [-0.39, 0.29) is 0 Å². The first kappa shape index (κ1) is 13.2. The van der Waals surface area contributed by atoms with Crippen LogP contribution >= 0.6 is 0 Å². The van der Waals surface area contributed by atoms with Gasteiger partial charge in [-0.3, -0.25) is 4.98 Å². The van der Waals surface area contributed by atoms with Crippen molar-refractivity contribution in [2.75, 3.05) is 0 Å². The normalized spacial score (nSPS) is 10.6. The third kappa shape index (κ3) is 4.78. The summed E-state index contributed by atoms with van der Waals surface area (Å²) >= 11 is 0. The Balaban J connectivity index is 2.46. The number of rotatable bonds is 8. The molecule has 0 fully saturated rings. The number of nitrogens with zero attached hydrogens (tertiary/aromatic N) is 1. The van der Waals surface area contributed by atoms with E-state index in [9.17, 15) is 0 Å². The molecule has 1 aromatic rings. The molecule has 0 saturated carbocycles. The van der Waals surface area contributed by atoms with Gasteiger partial charge in [-0.2, -0.15) is 0 Å². The van der Waals surface area contributed by atoms with Gasteiger partial charge in [-0.05, 0) is 37.3 Å². The minimum atomic E-state index is 1.16. The molecule has 0 aliphatic rings. The molecule has 0 aliphatic heterocycles. The van der Waals surface area contributed by atoms with Gasteiger partial charge in [-0.15, -0.1) is 0 Å². The number of aromatic nitrogens is 1. The van der Waals surface area contributed by atoms with Crippen LogP contribution in [0.25, 0.3) is 0 Å². The van der Waals surface area contributed by atoms with Crippen LogP contribution in [0.4, 0.5) is 0 Å². The molecular formula is C15H25N. The lowest BCUT2D eigenvalue weighted by Gasteiger charge is -2.07. The molecule has 16 heavy (non-hydrogen) atoms. The van der Waals surface area contributed by atoms with E-state index in [0.29, 0.717) is 0 Å². The van der Waals surface area contributed by atoms with Gasteiger partial charge in [0.2, 0.25) is 0 Å². The number of unbranched alkanes of at least 4 members (excludes halogenated alkanes) is 4. The van der Waals surface area contributed by atoms with Crippen LogP contribution in [0.3, 0.4) is 0 Å². The quantitative estimate of drug-likeness (QED) is 0.585. The van der Waals surface area contributed by atoms with E-state index in [2.05, 4.69) is 31.0 Å². The van der Waals surface area contributed by atoms with E-state index in [4.69, 9.17) is 0 Å². The van der Waals surface area contributed by atoms with E-state index in [0.717, 1.165) is 6.42 Å². The van der Waals surface area contributed by atoms with Gasteiger partial charge in [0.15, 0.2) is 0 Å². The average molecular weight is 219 g/mol. The molecule has 1 aromatic heterocycles. The summed E-state index contributed by atoms with van der Waals surface area (Å²) in [7, 11) is 0. The van der Waals surface area contributed by atoms with Crippen molar-refractivity contribution in [2.45, 2.75) is 65.2 Å². The molecule has 0 spiro atoms. The summed E-state index contributed by atoms with van der Waals surface area (Å²) in [4.78, 5) is 4.53. The highest BCUT2D eigenvalue weighted by Crippen LogP contribution is 2.13. The molecule has 0 bridgehead atoms. The van der Waals surface area contributed by atoms with E-state index < -0.39 is 0 Å². The second-order valence-electron chi connectivity index (χ2n) is 4.52.